The van der Waals surface area contributed by atoms with Crippen molar-refractivity contribution in [2.75, 3.05) is 13.2 Å². The first-order valence-electron chi connectivity index (χ1n) is 26.6. The zero-order valence-electron chi connectivity index (χ0n) is 41.1. The lowest BCUT2D eigenvalue weighted by Crippen LogP contribution is -2.30. The van der Waals surface area contributed by atoms with E-state index in [9.17, 15) is 14.4 Å². The number of esters is 3. The van der Waals surface area contributed by atoms with Gasteiger partial charge in [0.1, 0.15) is 13.2 Å². The van der Waals surface area contributed by atoms with E-state index in [1.807, 2.05) is 12.2 Å². The molecule has 0 fully saturated rings. The Bertz CT molecular complexity index is 1090. The van der Waals surface area contributed by atoms with E-state index in [0.29, 0.717) is 19.3 Å². The van der Waals surface area contributed by atoms with E-state index in [0.717, 1.165) is 64.2 Å². The SMILES string of the molecule is CC/C=C\C/C=C\C/C=C\C/C=C\CCC(=O)OC(COC(=O)CCCCCCCCC)COC(=O)CCCCCCCCCCCCCCCCCCCCCCCCCC. The molecule has 0 heterocycles. The summed E-state index contributed by atoms with van der Waals surface area (Å²) >= 11 is 0. The average molecular weight is 869 g/mol. The first-order chi connectivity index (χ1) is 30.5. The van der Waals surface area contributed by atoms with E-state index in [1.165, 1.54) is 161 Å². The Kier molecular flexibility index (Phi) is 48.8. The van der Waals surface area contributed by atoms with E-state index in [2.05, 4.69) is 57.2 Å². The average Bonchev–Trinajstić information content (AvgIpc) is 3.27. The zero-order chi connectivity index (χ0) is 45.1. The molecule has 0 aromatic rings. The summed E-state index contributed by atoms with van der Waals surface area (Å²) in [5.74, 6) is -0.980. The molecule has 6 heteroatoms. The van der Waals surface area contributed by atoms with Gasteiger partial charge in [-0.3, -0.25) is 14.4 Å². The monoisotopic (exact) mass is 869 g/mol. The molecule has 0 aromatic carbocycles. The highest BCUT2D eigenvalue weighted by Gasteiger charge is 2.19. The second-order valence-corrected chi connectivity index (χ2v) is 17.8. The van der Waals surface area contributed by atoms with Crippen LogP contribution in [0, 0.1) is 0 Å². The minimum Gasteiger partial charge on any atom is -0.462 e. The number of carbonyl (C=O) groups is 3. The van der Waals surface area contributed by atoms with Gasteiger partial charge in [-0.25, -0.2) is 0 Å². The fourth-order valence-corrected chi connectivity index (χ4v) is 7.63. The number of allylic oxidation sites excluding steroid dienone is 8. The zero-order valence-corrected chi connectivity index (χ0v) is 41.1. The van der Waals surface area contributed by atoms with Crippen molar-refractivity contribution in [1.82, 2.24) is 0 Å². The van der Waals surface area contributed by atoms with Crippen molar-refractivity contribution >= 4 is 17.9 Å². The van der Waals surface area contributed by atoms with E-state index < -0.39 is 6.10 Å². The lowest BCUT2D eigenvalue weighted by molar-refractivity contribution is -0.166. The third kappa shape index (κ3) is 48.4. The predicted molar refractivity (Wildman–Crippen MR) is 265 cm³/mol. The van der Waals surface area contributed by atoms with Crippen LogP contribution in [0.3, 0.4) is 0 Å². The van der Waals surface area contributed by atoms with Gasteiger partial charge >= 0.3 is 17.9 Å². The molecule has 0 aliphatic heterocycles. The topological polar surface area (TPSA) is 78.9 Å². The quantitative estimate of drug-likeness (QED) is 0.0262. The van der Waals surface area contributed by atoms with Crippen molar-refractivity contribution in [2.24, 2.45) is 0 Å². The van der Waals surface area contributed by atoms with Gasteiger partial charge in [0, 0.05) is 19.3 Å². The summed E-state index contributed by atoms with van der Waals surface area (Å²) in [6.07, 6.45) is 61.5. The normalized spacial score (nSPS) is 12.4. The molecule has 0 saturated carbocycles. The standard InChI is InChI=1S/C56H100O6/c1-4-7-10-13-16-18-20-22-23-24-25-26-27-28-29-30-31-32-34-35-37-40-43-46-49-55(58)61-52-53(51-60-54(57)48-45-42-39-15-12-9-6-3)62-56(59)50-47-44-41-38-36-33-21-19-17-14-11-8-5-2/h8,11,17,19,33,36,41,44,53H,4-7,9-10,12-16,18,20-32,34-35,37-40,42-43,45-52H2,1-3H3/b11-8-,19-17-,36-33-,44-41-. The van der Waals surface area contributed by atoms with Crippen LogP contribution in [0.25, 0.3) is 0 Å². The van der Waals surface area contributed by atoms with Crippen molar-refractivity contribution in [3.05, 3.63) is 48.6 Å². The molecule has 0 N–H and O–H groups in total. The molecule has 0 aromatic heterocycles. The summed E-state index contributed by atoms with van der Waals surface area (Å²) in [6.45, 7) is 6.44. The van der Waals surface area contributed by atoms with E-state index in [4.69, 9.17) is 14.2 Å². The van der Waals surface area contributed by atoms with Crippen molar-refractivity contribution in [3.8, 4) is 0 Å². The molecule has 1 unspecified atom stereocenters. The lowest BCUT2D eigenvalue weighted by Gasteiger charge is -2.18. The number of carbonyl (C=O) groups excluding carboxylic acids is 3. The largest absolute Gasteiger partial charge is 0.462 e. The number of rotatable bonds is 48. The van der Waals surface area contributed by atoms with Gasteiger partial charge in [-0.15, -0.1) is 0 Å². The van der Waals surface area contributed by atoms with E-state index in [1.54, 1.807) is 0 Å². The highest BCUT2D eigenvalue weighted by molar-refractivity contribution is 5.71. The Balaban J connectivity index is 4.15. The maximum atomic E-state index is 12.7. The van der Waals surface area contributed by atoms with Crippen LogP contribution in [0.2, 0.25) is 0 Å². The Morgan fingerprint density at radius 3 is 0.952 bits per heavy atom. The van der Waals surface area contributed by atoms with E-state index >= 15 is 0 Å². The first kappa shape index (κ1) is 59.4. The Labute approximate surface area is 384 Å². The van der Waals surface area contributed by atoms with Crippen LogP contribution in [0.1, 0.15) is 271 Å². The van der Waals surface area contributed by atoms with Crippen LogP contribution >= 0.6 is 0 Å². The van der Waals surface area contributed by atoms with Gasteiger partial charge in [0.2, 0.25) is 0 Å². The number of hydrogen-bond donors (Lipinski definition) is 0. The maximum Gasteiger partial charge on any atom is 0.306 e. The van der Waals surface area contributed by atoms with Gasteiger partial charge in [0.15, 0.2) is 6.10 Å². The molecular weight excluding hydrogens is 769 g/mol. The van der Waals surface area contributed by atoms with Crippen LogP contribution in [0.5, 0.6) is 0 Å². The molecule has 0 radical (unpaired) electrons. The molecule has 0 bridgehead atoms. The molecular formula is C56H100O6. The number of hydrogen-bond acceptors (Lipinski definition) is 6. The molecule has 62 heavy (non-hydrogen) atoms. The molecule has 0 aliphatic rings. The van der Waals surface area contributed by atoms with Gasteiger partial charge in [-0.1, -0.05) is 256 Å². The highest BCUT2D eigenvalue weighted by Crippen LogP contribution is 2.16. The van der Waals surface area contributed by atoms with Crippen LogP contribution in [-0.2, 0) is 28.6 Å². The fourth-order valence-electron chi connectivity index (χ4n) is 7.63. The maximum absolute atomic E-state index is 12.7. The molecule has 1 atom stereocenters. The van der Waals surface area contributed by atoms with Gasteiger partial charge < -0.3 is 14.2 Å². The van der Waals surface area contributed by atoms with Crippen molar-refractivity contribution in [1.29, 1.82) is 0 Å². The predicted octanol–water partition coefficient (Wildman–Crippen LogP) is 17.5. The number of ether oxygens (including phenoxy) is 3. The minimum absolute atomic E-state index is 0.0986. The highest BCUT2D eigenvalue weighted by atomic mass is 16.6. The van der Waals surface area contributed by atoms with Crippen molar-refractivity contribution in [3.63, 3.8) is 0 Å². The second kappa shape index (κ2) is 51.0. The first-order valence-corrected chi connectivity index (χ1v) is 26.6. The molecule has 6 nitrogen and oxygen atoms in total. The Morgan fingerprint density at radius 1 is 0.339 bits per heavy atom. The summed E-state index contributed by atoms with van der Waals surface area (Å²) < 4.78 is 16.6. The van der Waals surface area contributed by atoms with Crippen LogP contribution < -0.4 is 0 Å². The summed E-state index contributed by atoms with van der Waals surface area (Å²) in [5.41, 5.74) is 0. The molecule has 0 amide bonds. The summed E-state index contributed by atoms with van der Waals surface area (Å²) in [4.78, 5) is 37.7. The van der Waals surface area contributed by atoms with Crippen molar-refractivity contribution < 1.29 is 28.6 Å². The molecule has 0 saturated heterocycles. The van der Waals surface area contributed by atoms with E-state index in [-0.39, 0.29) is 37.5 Å². The Morgan fingerprint density at radius 2 is 0.629 bits per heavy atom. The molecule has 360 valence electrons. The second-order valence-electron chi connectivity index (χ2n) is 17.8. The van der Waals surface area contributed by atoms with Gasteiger partial charge in [-0.05, 0) is 44.9 Å². The number of unbranched alkanes of at least 4 members (excludes halogenated alkanes) is 29. The van der Waals surface area contributed by atoms with Gasteiger partial charge in [0.05, 0.1) is 0 Å². The van der Waals surface area contributed by atoms with Crippen molar-refractivity contribution in [2.45, 2.75) is 277 Å². The minimum atomic E-state index is -0.805. The third-order valence-electron chi connectivity index (χ3n) is 11.6. The van der Waals surface area contributed by atoms with Crippen LogP contribution in [-0.4, -0.2) is 37.2 Å². The molecule has 0 rings (SSSR count). The molecule has 0 spiro atoms. The summed E-state index contributed by atoms with van der Waals surface area (Å²) in [5, 5.41) is 0. The van der Waals surface area contributed by atoms with Crippen LogP contribution in [0.15, 0.2) is 48.6 Å². The third-order valence-corrected chi connectivity index (χ3v) is 11.6. The van der Waals surface area contributed by atoms with Gasteiger partial charge in [-0.2, -0.15) is 0 Å². The summed E-state index contributed by atoms with van der Waals surface area (Å²) in [6, 6.07) is 0. The smallest absolute Gasteiger partial charge is 0.306 e. The fraction of sp³-hybridized carbons (Fsp3) is 0.804. The Hall–Kier alpha value is -2.63. The van der Waals surface area contributed by atoms with Crippen LogP contribution in [0.4, 0.5) is 0 Å². The summed E-state index contributed by atoms with van der Waals surface area (Å²) in [7, 11) is 0. The lowest BCUT2D eigenvalue weighted by atomic mass is 10.0. The van der Waals surface area contributed by atoms with Gasteiger partial charge in [0.25, 0.3) is 0 Å². The molecule has 0 aliphatic carbocycles.